The summed E-state index contributed by atoms with van der Waals surface area (Å²) >= 11 is 0. The van der Waals surface area contributed by atoms with Gasteiger partial charge in [0.2, 0.25) is 5.91 Å². The third-order valence-corrected chi connectivity index (χ3v) is 5.33. The molecule has 2 amide bonds. The molecule has 1 fully saturated rings. The predicted octanol–water partition coefficient (Wildman–Crippen LogP) is 3.68. The van der Waals surface area contributed by atoms with Gasteiger partial charge in [0.05, 0.1) is 6.61 Å². The SMILES string of the molecule is O=C(NCc1cccc(NC(=O)C2CCCC2)c1)c1ccc2c(c1)CCO2. The number of nitrogens with one attached hydrogen (secondary N) is 2. The molecule has 0 aromatic heterocycles. The summed E-state index contributed by atoms with van der Waals surface area (Å²) in [5.41, 5.74) is 3.47. The second-order valence-corrected chi connectivity index (χ2v) is 7.27. The van der Waals surface area contributed by atoms with Gasteiger partial charge in [0.25, 0.3) is 5.91 Å². The van der Waals surface area contributed by atoms with E-state index in [1.807, 2.05) is 36.4 Å². The van der Waals surface area contributed by atoms with Crippen LogP contribution < -0.4 is 15.4 Å². The molecule has 1 aliphatic carbocycles. The van der Waals surface area contributed by atoms with Crippen molar-refractivity contribution in [2.24, 2.45) is 5.92 Å². The first-order valence-corrected chi connectivity index (χ1v) is 9.63. The maximum atomic E-state index is 12.4. The van der Waals surface area contributed by atoms with E-state index in [1.165, 1.54) is 0 Å². The highest BCUT2D eigenvalue weighted by molar-refractivity contribution is 5.95. The van der Waals surface area contributed by atoms with Crippen molar-refractivity contribution in [3.8, 4) is 5.75 Å². The first kappa shape index (κ1) is 17.6. The molecule has 0 saturated heterocycles. The molecule has 1 aliphatic heterocycles. The van der Waals surface area contributed by atoms with Crippen LogP contribution >= 0.6 is 0 Å². The summed E-state index contributed by atoms with van der Waals surface area (Å²) in [6.45, 7) is 1.10. The minimum Gasteiger partial charge on any atom is -0.493 e. The Morgan fingerprint density at radius 3 is 2.78 bits per heavy atom. The third kappa shape index (κ3) is 4.13. The lowest BCUT2D eigenvalue weighted by Crippen LogP contribution is -2.23. The normalized spacial score (nSPS) is 15.9. The van der Waals surface area contributed by atoms with Gasteiger partial charge >= 0.3 is 0 Å². The van der Waals surface area contributed by atoms with Crippen LogP contribution in [0.5, 0.6) is 5.75 Å². The second-order valence-electron chi connectivity index (χ2n) is 7.27. The highest BCUT2D eigenvalue weighted by atomic mass is 16.5. The van der Waals surface area contributed by atoms with Gasteiger partial charge in [-0.25, -0.2) is 0 Å². The topological polar surface area (TPSA) is 67.4 Å². The lowest BCUT2D eigenvalue weighted by atomic mass is 10.1. The standard InChI is InChI=1S/C22H24N2O3/c25-21(18-8-9-20-17(13-18)10-11-27-20)23-14-15-4-3-7-19(12-15)24-22(26)16-5-1-2-6-16/h3-4,7-9,12-13,16H,1-2,5-6,10-11,14H2,(H,23,25)(H,24,26). The molecule has 2 aromatic carbocycles. The van der Waals surface area contributed by atoms with Gasteiger partial charge in [-0.05, 0) is 54.3 Å². The summed E-state index contributed by atoms with van der Waals surface area (Å²) in [6.07, 6.45) is 5.08. The highest BCUT2D eigenvalue weighted by Gasteiger charge is 2.22. The summed E-state index contributed by atoms with van der Waals surface area (Å²) in [5.74, 6) is 1.01. The van der Waals surface area contributed by atoms with Crippen LogP contribution in [0.3, 0.4) is 0 Å². The van der Waals surface area contributed by atoms with Crippen LogP contribution in [0.25, 0.3) is 0 Å². The Morgan fingerprint density at radius 1 is 1.07 bits per heavy atom. The molecule has 5 heteroatoms. The lowest BCUT2D eigenvalue weighted by Gasteiger charge is -2.12. The van der Waals surface area contributed by atoms with Crippen molar-refractivity contribution in [1.82, 2.24) is 5.32 Å². The molecule has 0 unspecified atom stereocenters. The Hall–Kier alpha value is -2.82. The van der Waals surface area contributed by atoms with Gasteiger partial charge in [-0.15, -0.1) is 0 Å². The van der Waals surface area contributed by atoms with Gasteiger partial charge in [0, 0.05) is 30.1 Å². The van der Waals surface area contributed by atoms with Crippen LogP contribution in [0.1, 0.15) is 47.2 Å². The van der Waals surface area contributed by atoms with Crippen molar-refractivity contribution in [2.75, 3.05) is 11.9 Å². The Kier molecular flexibility index (Phi) is 5.10. The molecule has 140 valence electrons. The summed E-state index contributed by atoms with van der Waals surface area (Å²) in [7, 11) is 0. The summed E-state index contributed by atoms with van der Waals surface area (Å²) in [5, 5.41) is 5.96. The molecular weight excluding hydrogens is 340 g/mol. The van der Waals surface area contributed by atoms with Crippen molar-refractivity contribution in [3.63, 3.8) is 0 Å². The van der Waals surface area contributed by atoms with Crippen LogP contribution in [0.4, 0.5) is 5.69 Å². The van der Waals surface area contributed by atoms with E-state index >= 15 is 0 Å². The monoisotopic (exact) mass is 364 g/mol. The number of carbonyl (C=O) groups excluding carboxylic acids is 2. The molecule has 0 radical (unpaired) electrons. The summed E-state index contributed by atoms with van der Waals surface area (Å²) < 4.78 is 5.48. The van der Waals surface area contributed by atoms with Crippen LogP contribution in [-0.4, -0.2) is 18.4 Å². The molecule has 27 heavy (non-hydrogen) atoms. The van der Waals surface area contributed by atoms with E-state index in [0.29, 0.717) is 18.7 Å². The third-order valence-electron chi connectivity index (χ3n) is 5.33. The van der Waals surface area contributed by atoms with Crippen molar-refractivity contribution < 1.29 is 14.3 Å². The number of amides is 2. The number of ether oxygens (including phenoxy) is 1. The molecule has 0 spiro atoms. The Bertz CT molecular complexity index is 856. The maximum absolute atomic E-state index is 12.4. The van der Waals surface area contributed by atoms with Crippen molar-refractivity contribution >= 4 is 17.5 Å². The number of rotatable bonds is 5. The summed E-state index contributed by atoms with van der Waals surface area (Å²) in [6, 6.07) is 13.2. The maximum Gasteiger partial charge on any atom is 0.251 e. The zero-order chi connectivity index (χ0) is 18.6. The van der Waals surface area contributed by atoms with E-state index in [-0.39, 0.29) is 17.7 Å². The first-order chi connectivity index (χ1) is 13.2. The summed E-state index contributed by atoms with van der Waals surface area (Å²) in [4.78, 5) is 24.7. The lowest BCUT2D eigenvalue weighted by molar-refractivity contribution is -0.119. The van der Waals surface area contributed by atoms with Gasteiger partial charge in [0.15, 0.2) is 0 Å². The van der Waals surface area contributed by atoms with Gasteiger partial charge in [-0.1, -0.05) is 25.0 Å². The molecule has 2 aliphatic rings. The largest absolute Gasteiger partial charge is 0.493 e. The molecule has 1 heterocycles. The molecule has 0 bridgehead atoms. The number of hydrogen-bond acceptors (Lipinski definition) is 3. The minimum atomic E-state index is -0.106. The number of benzene rings is 2. The zero-order valence-electron chi connectivity index (χ0n) is 15.3. The van der Waals surface area contributed by atoms with Gasteiger partial charge in [-0.2, -0.15) is 0 Å². The van der Waals surface area contributed by atoms with Crippen LogP contribution in [0, 0.1) is 5.92 Å². The quantitative estimate of drug-likeness (QED) is 0.850. The molecule has 2 aromatic rings. The van der Waals surface area contributed by atoms with Gasteiger partial charge in [0.1, 0.15) is 5.75 Å². The zero-order valence-corrected chi connectivity index (χ0v) is 15.3. The van der Waals surface area contributed by atoms with Crippen LogP contribution in [0.2, 0.25) is 0 Å². The van der Waals surface area contributed by atoms with E-state index in [0.717, 1.165) is 54.7 Å². The highest BCUT2D eigenvalue weighted by Crippen LogP contribution is 2.27. The minimum absolute atomic E-state index is 0.106. The van der Waals surface area contributed by atoms with E-state index in [4.69, 9.17) is 4.74 Å². The van der Waals surface area contributed by atoms with Crippen molar-refractivity contribution in [2.45, 2.75) is 38.6 Å². The molecule has 1 saturated carbocycles. The average molecular weight is 364 g/mol. The number of fused-ring (bicyclic) bond motifs is 1. The van der Waals surface area contributed by atoms with E-state index in [1.54, 1.807) is 6.07 Å². The Labute approximate surface area is 159 Å². The Balaban J connectivity index is 1.35. The number of hydrogen-bond donors (Lipinski definition) is 2. The average Bonchev–Trinajstić information content (AvgIpc) is 3.37. The number of anilines is 1. The smallest absolute Gasteiger partial charge is 0.251 e. The molecule has 4 rings (SSSR count). The first-order valence-electron chi connectivity index (χ1n) is 9.63. The van der Waals surface area contributed by atoms with Crippen LogP contribution in [0.15, 0.2) is 42.5 Å². The van der Waals surface area contributed by atoms with Crippen molar-refractivity contribution in [3.05, 3.63) is 59.2 Å². The van der Waals surface area contributed by atoms with Crippen molar-refractivity contribution in [1.29, 1.82) is 0 Å². The number of carbonyl (C=O) groups is 2. The van der Waals surface area contributed by atoms with E-state index in [2.05, 4.69) is 10.6 Å². The van der Waals surface area contributed by atoms with Gasteiger partial charge in [-0.3, -0.25) is 9.59 Å². The fourth-order valence-electron chi connectivity index (χ4n) is 3.80. The van der Waals surface area contributed by atoms with E-state index < -0.39 is 0 Å². The van der Waals surface area contributed by atoms with Crippen LogP contribution in [-0.2, 0) is 17.8 Å². The van der Waals surface area contributed by atoms with E-state index in [9.17, 15) is 9.59 Å². The van der Waals surface area contributed by atoms with Gasteiger partial charge < -0.3 is 15.4 Å². The molecular formula is C22H24N2O3. The fraction of sp³-hybridized carbons (Fsp3) is 0.364. The molecule has 2 N–H and O–H groups in total. The molecule has 0 atom stereocenters. The molecule has 5 nitrogen and oxygen atoms in total. The fourth-order valence-corrected chi connectivity index (χ4v) is 3.80. The second kappa shape index (κ2) is 7.82. The Morgan fingerprint density at radius 2 is 1.93 bits per heavy atom. The predicted molar refractivity (Wildman–Crippen MR) is 104 cm³/mol.